The van der Waals surface area contributed by atoms with Crippen LogP contribution in [0.5, 0.6) is 0 Å². The predicted octanol–water partition coefficient (Wildman–Crippen LogP) is 10.2. The Balaban J connectivity index is 1.09. The largest absolute Gasteiger partial charge is 0.393 e. The molecule has 8 unspecified atom stereocenters. The number of thiophene rings is 1. The molecule has 6 aliphatic rings. The summed E-state index contributed by atoms with van der Waals surface area (Å²) in [5.74, 6) is 0.00477. The molecule has 6 nitrogen and oxygen atoms in total. The molecule has 3 saturated carbocycles. The van der Waals surface area contributed by atoms with Crippen molar-refractivity contribution in [2.75, 3.05) is 6.54 Å². The maximum Gasteiger partial charge on any atom is 0.252 e. The van der Waals surface area contributed by atoms with Gasteiger partial charge in [-0.25, -0.2) is 8.42 Å². The minimum atomic E-state index is -3.99. The quantitative estimate of drug-likeness (QED) is 0.114. The molecule has 8 atom stereocenters. The lowest BCUT2D eigenvalue weighted by atomic mass is 9.32. The molecule has 58 heavy (non-hydrogen) atoms. The fraction of sp³-hybridized carbons (Fsp3) is 0.380. The van der Waals surface area contributed by atoms with E-state index in [1.54, 1.807) is 17.5 Å². The van der Waals surface area contributed by atoms with E-state index in [2.05, 4.69) is 32.1 Å². The van der Waals surface area contributed by atoms with E-state index in [0.717, 1.165) is 52.3 Å². The summed E-state index contributed by atoms with van der Waals surface area (Å²) in [6.45, 7) is 4.65. The number of nitrogens with zero attached hydrogens (tertiary/aromatic N) is 1. The summed E-state index contributed by atoms with van der Waals surface area (Å²) in [5.41, 5.74) is 0.803. The third kappa shape index (κ3) is 5.31. The topological polar surface area (TPSA) is 94.9 Å². The number of ketones is 1. The number of hydrogen-bond donors (Lipinski definition) is 2. The molecule has 1 heterocycles. The minimum absolute atomic E-state index is 0.00726. The second-order valence-electron chi connectivity index (χ2n) is 18.4. The highest BCUT2D eigenvalue weighted by atomic mass is 32.2. The Kier molecular flexibility index (Phi) is 8.80. The first-order valence-corrected chi connectivity index (χ1v) is 23.2. The lowest BCUT2D eigenvalue weighted by Gasteiger charge is -2.71. The van der Waals surface area contributed by atoms with Crippen LogP contribution in [0.2, 0.25) is 0 Å². The number of aliphatic hydroxyl groups is 2. The molecule has 6 aliphatic carbocycles. The van der Waals surface area contributed by atoms with E-state index in [1.165, 1.54) is 15.6 Å². The summed E-state index contributed by atoms with van der Waals surface area (Å²) < 4.78 is 31.2. The van der Waals surface area contributed by atoms with E-state index >= 15 is 4.79 Å². The fourth-order valence-corrected chi connectivity index (χ4v) is 15.6. The van der Waals surface area contributed by atoms with Crippen LogP contribution in [0.25, 0.3) is 21.9 Å². The van der Waals surface area contributed by atoms with Crippen LogP contribution in [0.15, 0.2) is 143 Å². The smallest absolute Gasteiger partial charge is 0.252 e. The van der Waals surface area contributed by atoms with Gasteiger partial charge in [0.15, 0.2) is 5.78 Å². The first-order chi connectivity index (χ1) is 27.9. The van der Waals surface area contributed by atoms with Crippen LogP contribution in [-0.2, 0) is 16.6 Å². The number of Topliss-reactive ketones (excluding diaryl/α,β-unsaturated/α-hetero) is 1. The zero-order chi connectivity index (χ0) is 40.1. The fourth-order valence-electron chi connectivity index (χ4n) is 13.0. The molecule has 0 saturated heterocycles. The summed E-state index contributed by atoms with van der Waals surface area (Å²) in [4.78, 5) is 15.6. The summed E-state index contributed by atoms with van der Waals surface area (Å²) >= 11 is 1.20. The number of hydrogen-bond acceptors (Lipinski definition) is 6. The highest BCUT2D eigenvalue weighted by Gasteiger charge is 2.74. The molecule has 11 rings (SSSR count). The van der Waals surface area contributed by atoms with Crippen LogP contribution in [0, 0.1) is 33.5 Å². The molecular weight excluding hydrogens is 759 g/mol. The molecule has 298 valence electrons. The van der Waals surface area contributed by atoms with Crippen LogP contribution < -0.4 is 0 Å². The van der Waals surface area contributed by atoms with Crippen LogP contribution >= 0.6 is 11.3 Å². The van der Waals surface area contributed by atoms with Gasteiger partial charge in [0, 0.05) is 40.5 Å². The number of fused-ring (bicyclic) bond motifs is 2. The first kappa shape index (κ1) is 38.0. The van der Waals surface area contributed by atoms with Gasteiger partial charge in [-0.3, -0.25) is 4.79 Å². The number of sulfonamides is 1. The molecule has 0 aliphatic heterocycles. The van der Waals surface area contributed by atoms with Gasteiger partial charge in [0.25, 0.3) is 10.0 Å². The van der Waals surface area contributed by atoms with Gasteiger partial charge in [-0.2, -0.15) is 4.31 Å². The average Bonchev–Trinajstić information content (AvgIpc) is 3.88. The number of aliphatic hydroxyl groups excluding tert-OH is 1. The van der Waals surface area contributed by atoms with Crippen molar-refractivity contribution < 1.29 is 23.4 Å². The van der Waals surface area contributed by atoms with E-state index < -0.39 is 38.0 Å². The van der Waals surface area contributed by atoms with Crippen molar-refractivity contribution in [3.8, 4) is 11.1 Å². The van der Waals surface area contributed by atoms with Crippen LogP contribution in [0.4, 0.5) is 0 Å². The van der Waals surface area contributed by atoms with Gasteiger partial charge in [-0.1, -0.05) is 135 Å². The molecule has 1 aromatic heterocycles. The Morgan fingerprint density at radius 1 is 0.793 bits per heavy atom. The molecule has 0 radical (unpaired) electrons. The van der Waals surface area contributed by atoms with Crippen LogP contribution in [-0.4, -0.2) is 47.0 Å². The van der Waals surface area contributed by atoms with Gasteiger partial charge in [-0.05, 0) is 101 Å². The van der Waals surface area contributed by atoms with Gasteiger partial charge >= 0.3 is 0 Å². The summed E-state index contributed by atoms with van der Waals surface area (Å²) in [5, 5.41) is 28.4. The molecule has 2 N–H and O–H groups in total. The summed E-state index contributed by atoms with van der Waals surface area (Å²) in [7, 11) is -3.99. The number of carbonyl (C=O) groups excluding carboxylic acids is 1. The highest BCUT2D eigenvalue weighted by Crippen LogP contribution is 2.78. The van der Waals surface area contributed by atoms with Gasteiger partial charge < -0.3 is 10.2 Å². The summed E-state index contributed by atoms with van der Waals surface area (Å²) in [6, 6.07) is 35.4. The van der Waals surface area contributed by atoms with Crippen LogP contribution in [0.3, 0.4) is 0 Å². The Morgan fingerprint density at radius 3 is 2.31 bits per heavy atom. The number of carbonyl (C=O) groups is 1. The number of rotatable bonds is 9. The van der Waals surface area contributed by atoms with Crippen molar-refractivity contribution in [1.82, 2.24) is 4.31 Å². The zero-order valence-corrected chi connectivity index (χ0v) is 34.8. The van der Waals surface area contributed by atoms with E-state index in [0.29, 0.717) is 31.2 Å². The molecule has 5 aromatic rings. The lowest BCUT2D eigenvalue weighted by Crippen LogP contribution is -2.67. The minimum Gasteiger partial charge on any atom is -0.393 e. The number of benzene rings is 4. The van der Waals surface area contributed by atoms with Gasteiger partial charge in [0.2, 0.25) is 0 Å². The van der Waals surface area contributed by atoms with Gasteiger partial charge in [0.1, 0.15) is 4.21 Å². The van der Waals surface area contributed by atoms with Crippen molar-refractivity contribution in [2.45, 2.75) is 81.3 Å². The average molecular weight is 810 g/mol. The molecular formula is C50H51NO5S2. The Bertz CT molecular complexity index is 2600. The molecule has 8 heteroatoms. The maximum atomic E-state index is 15.6. The van der Waals surface area contributed by atoms with Crippen molar-refractivity contribution in [1.29, 1.82) is 0 Å². The van der Waals surface area contributed by atoms with Crippen molar-refractivity contribution in [3.63, 3.8) is 0 Å². The molecule has 0 amide bonds. The molecule has 3 fully saturated rings. The second-order valence-corrected chi connectivity index (χ2v) is 21.5. The Labute approximate surface area is 346 Å². The van der Waals surface area contributed by atoms with Crippen molar-refractivity contribution in [3.05, 3.63) is 150 Å². The van der Waals surface area contributed by atoms with Crippen LogP contribution in [0.1, 0.15) is 74.7 Å². The maximum absolute atomic E-state index is 15.6. The standard InChI is InChI=1S/C50H51NO5S2/c1-46-24-21-37(52)30-48(46)27-28-50(41(31-48)45(53)40-19-9-8-18-39(40)35-12-4-3-5-13-35)42(46)22-25-47(2)43(50)23-26-49(47,54)33-51(58(55,56)44-20-11-29-57-44)32-36-16-10-15-34-14-6-7-17-38(34)36/h3-20,27-29,31,37,42-43,52,54H,21-26,30,32-33H2,1-2H3. The zero-order valence-electron chi connectivity index (χ0n) is 33.2. The predicted molar refractivity (Wildman–Crippen MR) is 231 cm³/mol. The third-order valence-electron chi connectivity index (χ3n) is 16.0. The van der Waals surface area contributed by atoms with E-state index in [4.69, 9.17) is 0 Å². The molecule has 2 spiro atoms. The first-order valence-electron chi connectivity index (χ1n) is 20.9. The number of allylic oxidation sites excluding steroid dienone is 4. The monoisotopic (exact) mass is 809 g/mol. The second kappa shape index (κ2) is 13.4. The van der Waals surface area contributed by atoms with Crippen molar-refractivity contribution in [2.24, 2.45) is 33.5 Å². The van der Waals surface area contributed by atoms with E-state index in [1.807, 2.05) is 97.1 Å². The lowest BCUT2D eigenvalue weighted by molar-refractivity contribution is -0.173. The summed E-state index contributed by atoms with van der Waals surface area (Å²) in [6.07, 6.45) is 11.2. The molecule has 2 bridgehead atoms. The Hall–Kier alpha value is -4.18. The van der Waals surface area contributed by atoms with E-state index in [9.17, 15) is 18.6 Å². The molecule has 4 aromatic carbocycles. The SMILES string of the molecule is CC12CCC(O)CC13C=CC1(C(C(=O)c4ccccc4-c4ccccc4)=C3)C2CCC2(C)C1CCC2(O)CN(Cc1cccc2ccccc12)S(=O)(=O)c1cccs1. The van der Waals surface area contributed by atoms with E-state index in [-0.39, 0.29) is 40.3 Å². The van der Waals surface area contributed by atoms with Gasteiger partial charge in [0.05, 0.1) is 11.7 Å². The Morgan fingerprint density at radius 2 is 1.50 bits per heavy atom. The third-order valence-corrected chi connectivity index (χ3v) is 19.1. The normalized spacial score (nSPS) is 33.7. The van der Waals surface area contributed by atoms with Crippen molar-refractivity contribution >= 4 is 37.9 Å². The van der Waals surface area contributed by atoms with Gasteiger partial charge in [-0.15, -0.1) is 11.3 Å². The highest BCUT2D eigenvalue weighted by molar-refractivity contribution is 7.91.